The second kappa shape index (κ2) is 10.9. The number of carbonyl (C=O) groups is 2. The van der Waals surface area contributed by atoms with Crippen LogP contribution in [0.5, 0.6) is 5.75 Å². The zero-order valence-corrected chi connectivity index (χ0v) is 18.8. The van der Waals surface area contributed by atoms with Crippen molar-refractivity contribution in [1.82, 2.24) is 4.90 Å². The van der Waals surface area contributed by atoms with Gasteiger partial charge in [0.25, 0.3) is 17.4 Å². The Morgan fingerprint density at radius 3 is 2.24 bits per heavy atom. The van der Waals surface area contributed by atoms with Crippen molar-refractivity contribution in [2.24, 2.45) is 11.7 Å². The molecule has 1 aliphatic rings. The quantitative estimate of drug-likeness (QED) is 0.533. The van der Waals surface area contributed by atoms with Gasteiger partial charge in [0.1, 0.15) is 5.75 Å². The van der Waals surface area contributed by atoms with Gasteiger partial charge in [0, 0.05) is 18.7 Å². The summed E-state index contributed by atoms with van der Waals surface area (Å²) in [7, 11) is 0. The highest BCUT2D eigenvalue weighted by molar-refractivity contribution is 5.95. The highest BCUT2D eigenvalue weighted by Crippen LogP contribution is 2.41. The number of hydrogen-bond donors (Lipinski definition) is 2. The van der Waals surface area contributed by atoms with Gasteiger partial charge >= 0.3 is 6.18 Å². The van der Waals surface area contributed by atoms with E-state index in [9.17, 15) is 27.9 Å². The van der Waals surface area contributed by atoms with Gasteiger partial charge in [-0.1, -0.05) is 48.9 Å². The van der Waals surface area contributed by atoms with Crippen molar-refractivity contribution in [1.29, 1.82) is 0 Å². The average Bonchev–Trinajstić information content (AvgIpc) is 2.83. The third-order valence-electron chi connectivity index (χ3n) is 6.23. The van der Waals surface area contributed by atoms with Gasteiger partial charge in [-0.15, -0.1) is 0 Å². The highest BCUT2D eigenvalue weighted by Gasteiger charge is 2.62. The van der Waals surface area contributed by atoms with E-state index in [0.29, 0.717) is 30.8 Å². The fourth-order valence-corrected chi connectivity index (χ4v) is 4.25. The maximum atomic E-state index is 13.8. The maximum absolute atomic E-state index is 13.8. The van der Waals surface area contributed by atoms with Crippen LogP contribution >= 0.6 is 0 Å². The Morgan fingerprint density at radius 2 is 1.62 bits per heavy atom. The van der Waals surface area contributed by atoms with Crippen molar-refractivity contribution in [3.8, 4) is 5.75 Å². The second-order valence-electron chi connectivity index (χ2n) is 8.51. The molecular weight excluding hydrogens is 449 g/mol. The Balaban J connectivity index is 1.47. The number of primary amides is 1. The van der Waals surface area contributed by atoms with Crippen molar-refractivity contribution in [3.63, 3.8) is 0 Å². The first-order valence-electron chi connectivity index (χ1n) is 11.3. The number of likely N-dealkylation sites (tertiary alicyclic amines) is 1. The molecule has 6 nitrogen and oxygen atoms in total. The first-order valence-corrected chi connectivity index (χ1v) is 11.3. The van der Waals surface area contributed by atoms with Crippen LogP contribution in [-0.4, -0.2) is 47.7 Å². The lowest BCUT2D eigenvalue weighted by molar-refractivity contribution is -0.262. The molecule has 9 heteroatoms. The number of amides is 2. The van der Waals surface area contributed by atoms with Gasteiger partial charge in [0.15, 0.2) is 0 Å². The van der Waals surface area contributed by atoms with Gasteiger partial charge < -0.3 is 20.5 Å². The van der Waals surface area contributed by atoms with Crippen LogP contribution in [0, 0.1) is 5.92 Å². The molecule has 0 saturated carbocycles. The van der Waals surface area contributed by atoms with E-state index < -0.39 is 29.2 Å². The highest BCUT2D eigenvalue weighted by atomic mass is 19.4. The molecule has 2 aromatic carbocycles. The molecule has 0 bridgehead atoms. The number of aliphatic hydroxyl groups is 1. The van der Waals surface area contributed by atoms with Gasteiger partial charge in [0.05, 0.1) is 12.2 Å². The molecule has 0 aliphatic carbocycles. The molecule has 184 valence electrons. The average molecular weight is 479 g/mol. The number of unbranched alkanes of at least 4 members (excludes halogenated alkanes) is 1. The lowest BCUT2D eigenvalue weighted by Crippen LogP contribution is -2.57. The minimum absolute atomic E-state index is 0.164. The molecule has 1 unspecified atom stereocenters. The topological polar surface area (TPSA) is 92.9 Å². The molecular formula is C25H29F3N2O4. The van der Waals surface area contributed by atoms with E-state index in [1.807, 2.05) is 0 Å². The Labute approximate surface area is 196 Å². The maximum Gasteiger partial charge on any atom is 0.430 e. The Hall–Kier alpha value is -3.07. The van der Waals surface area contributed by atoms with E-state index in [1.54, 1.807) is 24.3 Å². The van der Waals surface area contributed by atoms with Gasteiger partial charge in [-0.25, -0.2) is 0 Å². The molecule has 0 spiro atoms. The summed E-state index contributed by atoms with van der Waals surface area (Å²) in [6.45, 7) is 0.742. The zero-order valence-electron chi connectivity index (χ0n) is 18.8. The predicted molar refractivity (Wildman–Crippen MR) is 120 cm³/mol. The Morgan fingerprint density at radius 1 is 1.00 bits per heavy atom. The molecule has 1 fully saturated rings. The summed E-state index contributed by atoms with van der Waals surface area (Å²) in [4.78, 5) is 25.3. The molecule has 34 heavy (non-hydrogen) atoms. The van der Waals surface area contributed by atoms with Crippen molar-refractivity contribution in [2.75, 3.05) is 19.7 Å². The number of ether oxygens (including phenoxy) is 1. The second-order valence-corrected chi connectivity index (χ2v) is 8.51. The minimum Gasteiger partial charge on any atom is -0.493 e. The fraction of sp³-hybridized carbons (Fsp3) is 0.440. The minimum atomic E-state index is -5.13. The van der Waals surface area contributed by atoms with E-state index in [-0.39, 0.29) is 19.0 Å². The molecule has 1 aliphatic heterocycles. The summed E-state index contributed by atoms with van der Waals surface area (Å²) in [5.74, 6) is -1.16. The van der Waals surface area contributed by atoms with Gasteiger partial charge in [-0.05, 0) is 43.7 Å². The Bertz CT molecular complexity index is 976. The van der Waals surface area contributed by atoms with Crippen LogP contribution in [0.25, 0.3) is 0 Å². The normalized spacial score (nSPS) is 16.6. The van der Waals surface area contributed by atoms with Crippen LogP contribution in [0.15, 0.2) is 54.6 Å². The SMILES string of the molecule is NC(=O)c1ccccc1OCCCCC1CCN(C(=O)C(O)(c2ccccc2)C(F)(F)F)CC1. The molecule has 2 aromatic rings. The van der Waals surface area contributed by atoms with Crippen LogP contribution in [0.2, 0.25) is 0 Å². The summed E-state index contributed by atoms with van der Waals surface area (Å²) in [5.41, 5.74) is 1.63. The molecule has 3 rings (SSSR count). The van der Waals surface area contributed by atoms with Gasteiger partial charge in [0.2, 0.25) is 0 Å². The van der Waals surface area contributed by atoms with Crippen LogP contribution in [-0.2, 0) is 10.4 Å². The monoisotopic (exact) mass is 478 g/mol. The van der Waals surface area contributed by atoms with Crippen LogP contribution in [0.1, 0.15) is 48.0 Å². The number of nitrogens with two attached hydrogens (primary N) is 1. The summed E-state index contributed by atoms with van der Waals surface area (Å²) < 4.78 is 47.0. The molecule has 1 saturated heterocycles. The smallest absolute Gasteiger partial charge is 0.430 e. The van der Waals surface area contributed by atoms with E-state index >= 15 is 0 Å². The molecule has 3 N–H and O–H groups in total. The largest absolute Gasteiger partial charge is 0.493 e. The lowest BCUT2D eigenvalue weighted by Gasteiger charge is -2.38. The summed E-state index contributed by atoms with van der Waals surface area (Å²) in [5, 5.41) is 10.5. The first-order chi connectivity index (χ1) is 16.1. The number of carbonyl (C=O) groups excluding carboxylic acids is 2. The molecule has 1 heterocycles. The zero-order chi connectivity index (χ0) is 24.8. The molecule has 0 radical (unpaired) electrons. The standard InChI is InChI=1S/C25H29F3N2O4/c26-25(27,28)24(33,19-9-2-1-3-10-19)23(32)30-15-13-18(14-16-30)8-6-7-17-34-21-12-5-4-11-20(21)22(29)31/h1-5,9-12,18,33H,6-8,13-17H2,(H2,29,31). The first kappa shape index (κ1) is 25.6. The summed E-state index contributed by atoms with van der Waals surface area (Å²) in [6, 6.07) is 13.2. The fourth-order valence-electron chi connectivity index (χ4n) is 4.25. The number of nitrogens with zero attached hydrogens (tertiary/aromatic N) is 1. The third-order valence-corrected chi connectivity index (χ3v) is 6.23. The Kier molecular flexibility index (Phi) is 8.19. The van der Waals surface area contributed by atoms with Crippen molar-refractivity contribution >= 4 is 11.8 Å². The summed E-state index contributed by atoms with van der Waals surface area (Å²) >= 11 is 0. The lowest BCUT2D eigenvalue weighted by atomic mass is 9.88. The number of piperidine rings is 1. The van der Waals surface area contributed by atoms with E-state index in [4.69, 9.17) is 10.5 Å². The molecule has 2 amide bonds. The van der Waals surface area contributed by atoms with Crippen LogP contribution < -0.4 is 10.5 Å². The number of alkyl halides is 3. The van der Waals surface area contributed by atoms with E-state index in [2.05, 4.69) is 0 Å². The summed E-state index contributed by atoms with van der Waals surface area (Å²) in [6.07, 6.45) is -1.55. The predicted octanol–water partition coefficient (Wildman–Crippen LogP) is 4.02. The van der Waals surface area contributed by atoms with E-state index in [0.717, 1.165) is 36.3 Å². The number of halogens is 3. The van der Waals surface area contributed by atoms with E-state index in [1.165, 1.54) is 18.2 Å². The van der Waals surface area contributed by atoms with Crippen LogP contribution in [0.4, 0.5) is 13.2 Å². The van der Waals surface area contributed by atoms with Crippen molar-refractivity contribution in [3.05, 3.63) is 65.7 Å². The van der Waals surface area contributed by atoms with Gasteiger partial charge in [-0.3, -0.25) is 9.59 Å². The number of rotatable bonds is 9. The third kappa shape index (κ3) is 5.70. The number of para-hydroxylation sites is 1. The van der Waals surface area contributed by atoms with Crippen molar-refractivity contribution in [2.45, 2.75) is 43.9 Å². The van der Waals surface area contributed by atoms with Crippen LogP contribution in [0.3, 0.4) is 0 Å². The van der Waals surface area contributed by atoms with Crippen molar-refractivity contribution < 1.29 is 32.6 Å². The number of hydrogen-bond acceptors (Lipinski definition) is 4. The number of benzene rings is 2. The molecule has 1 atom stereocenters. The molecule has 0 aromatic heterocycles. The van der Waals surface area contributed by atoms with Gasteiger partial charge in [-0.2, -0.15) is 13.2 Å².